The van der Waals surface area contributed by atoms with Gasteiger partial charge in [-0.3, -0.25) is 9.89 Å². The molecule has 0 heterocycles. The maximum Gasteiger partial charge on any atom is 0.401 e. The minimum Gasteiger partial charge on any atom is -0.497 e. The molecule has 1 aromatic rings. The Morgan fingerprint density at radius 1 is 1.19 bits per heavy atom. The average Bonchev–Trinajstić information content (AvgIpc) is 2.57. The first-order valence-electron chi connectivity index (χ1n) is 8.74. The van der Waals surface area contributed by atoms with Crippen LogP contribution in [0.3, 0.4) is 0 Å². The van der Waals surface area contributed by atoms with Crippen molar-refractivity contribution in [2.45, 2.75) is 25.9 Å². The van der Waals surface area contributed by atoms with Gasteiger partial charge in [0.05, 0.1) is 13.7 Å². The number of benzene rings is 1. The van der Waals surface area contributed by atoms with Gasteiger partial charge in [0, 0.05) is 19.6 Å². The van der Waals surface area contributed by atoms with Crippen LogP contribution in [0.5, 0.6) is 5.75 Å². The third-order valence-electron chi connectivity index (χ3n) is 3.63. The van der Waals surface area contributed by atoms with E-state index in [1.807, 2.05) is 31.2 Å². The van der Waals surface area contributed by atoms with E-state index in [0.717, 1.165) is 18.7 Å². The lowest BCUT2D eigenvalue weighted by atomic mass is 10.1. The SMILES string of the molecule is CCNC(=NCCCN(C)CC(F)(F)F)NCCc1ccc(OC)cc1.I. The molecule has 1 rings (SSSR count). The van der Waals surface area contributed by atoms with Gasteiger partial charge in [-0.2, -0.15) is 13.2 Å². The van der Waals surface area contributed by atoms with Crippen LogP contribution in [0.2, 0.25) is 0 Å². The predicted molar refractivity (Wildman–Crippen MR) is 114 cm³/mol. The number of guanidine groups is 1. The van der Waals surface area contributed by atoms with Gasteiger partial charge in [0.25, 0.3) is 0 Å². The minimum atomic E-state index is -4.16. The van der Waals surface area contributed by atoms with E-state index in [2.05, 4.69) is 15.6 Å². The van der Waals surface area contributed by atoms with E-state index in [9.17, 15) is 13.2 Å². The van der Waals surface area contributed by atoms with Crippen molar-refractivity contribution >= 4 is 29.9 Å². The number of alkyl halides is 3. The number of hydrogen-bond acceptors (Lipinski definition) is 3. The maximum absolute atomic E-state index is 12.3. The molecule has 5 nitrogen and oxygen atoms in total. The molecule has 1 aromatic carbocycles. The van der Waals surface area contributed by atoms with E-state index in [1.165, 1.54) is 17.5 Å². The Balaban J connectivity index is 0.00000676. The first-order chi connectivity index (χ1) is 12.3. The van der Waals surface area contributed by atoms with Crippen LogP contribution in [0.15, 0.2) is 29.3 Å². The van der Waals surface area contributed by atoms with Crippen molar-refractivity contribution in [3.63, 3.8) is 0 Å². The lowest BCUT2D eigenvalue weighted by molar-refractivity contribution is -0.143. The number of ether oxygens (including phenoxy) is 1. The highest BCUT2D eigenvalue weighted by Crippen LogP contribution is 2.15. The standard InChI is InChI=1S/C18H29F3N4O.HI/c1-4-22-17(23-11-5-13-25(2)14-18(19,20)21)24-12-10-15-6-8-16(26-3)9-7-15;/h6-9H,4-5,10-14H2,1-3H3,(H2,22,23,24);1H. The van der Waals surface area contributed by atoms with Crippen molar-refractivity contribution in [1.82, 2.24) is 15.5 Å². The van der Waals surface area contributed by atoms with Crippen molar-refractivity contribution in [2.75, 3.05) is 46.9 Å². The molecule has 0 aliphatic carbocycles. The fourth-order valence-corrected chi connectivity index (χ4v) is 2.38. The summed E-state index contributed by atoms with van der Waals surface area (Å²) in [5, 5.41) is 6.38. The van der Waals surface area contributed by atoms with Gasteiger partial charge in [0.2, 0.25) is 0 Å². The Kier molecular flexibility index (Phi) is 13.2. The molecule has 0 unspecified atom stereocenters. The number of aliphatic imine (C=N–C) groups is 1. The summed E-state index contributed by atoms with van der Waals surface area (Å²) in [6.45, 7) is 3.34. The first-order valence-corrected chi connectivity index (χ1v) is 8.74. The highest BCUT2D eigenvalue weighted by atomic mass is 127. The smallest absolute Gasteiger partial charge is 0.401 e. The van der Waals surface area contributed by atoms with Crippen molar-refractivity contribution in [3.8, 4) is 5.75 Å². The summed E-state index contributed by atoms with van der Waals surface area (Å²) in [4.78, 5) is 5.67. The van der Waals surface area contributed by atoms with Crippen molar-refractivity contribution in [3.05, 3.63) is 29.8 Å². The molecule has 0 atom stereocenters. The van der Waals surface area contributed by atoms with Gasteiger partial charge in [-0.05, 0) is 51.1 Å². The molecule has 0 spiro atoms. The monoisotopic (exact) mass is 502 g/mol. The zero-order chi connectivity index (χ0) is 19.4. The largest absolute Gasteiger partial charge is 0.497 e. The van der Waals surface area contributed by atoms with Gasteiger partial charge >= 0.3 is 6.18 Å². The van der Waals surface area contributed by atoms with Gasteiger partial charge < -0.3 is 15.4 Å². The van der Waals surface area contributed by atoms with Crippen LogP contribution >= 0.6 is 24.0 Å². The summed E-state index contributed by atoms with van der Waals surface area (Å²) >= 11 is 0. The molecular weight excluding hydrogens is 472 g/mol. The number of methoxy groups -OCH3 is 1. The molecule has 2 N–H and O–H groups in total. The summed E-state index contributed by atoms with van der Waals surface area (Å²) in [7, 11) is 3.10. The molecule has 0 fully saturated rings. The third kappa shape index (κ3) is 12.7. The highest BCUT2D eigenvalue weighted by Gasteiger charge is 2.28. The molecule has 0 saturated heterocycles. The Hall–Kier alpha value is -1.23. The molecule has 0 bridgehead atoms. The quantitative estimate of drug-likeness (QED) is 0.223. The van der Waals surface area contributed by atoms with Crippen LogP contribution in [-0.2, 0) is 6.42 Å². The minimum absolute atomic E-state index is 0. The highest BCUT2D eigenvalue weighted by molar-refractivity contribution is 14.0. The van der Waals surface area contributed by atoms with Crippen LogP contribution in [0.25, 0.3) is 0 Å². The normalized spacial score (nSPS) is 11.9. The Labute approximate surface area is 176 Å². The number of nitrogens with one attached hydrogen (secondary N) is 2. The number of rotatable bonds is 10. The predicted octanol–water partition coefficient (Wildman–Crippen LogP) is 3.30. The second kappa shape index (κ2) is 13.9. The van der Waals surface area contributed by atoms with Gasteiger partial charge in [-0.15, -0.1) is 24.0 Å². The first kappa shape index (κ1) is 25.8. The molecule has 0 aromatic heterocycles. The molecule has 156 valence electrons. The van der Waals surface area contributed by atoms with Crippen molar-refractivity contribution in [1.29, 1.82) is 0 Å². The lowest BCUT2D eigenvalue weighted by Crippen LogP contribution is -2.38. The second-order valence-corrected chi connectivity index (χ2v) is 5.99. The van der Waals surface area contributed by atoms with E-state index in [0.29, 0.717) is 32.0 Å². The number of nitrogens with zero attached hydrogens (tertiary/aromatic N) is 2. The van der Waals surface area contributed by atoms with E-state index in [-0.39, 0.29) is 24.0 Å². The van der Waals surface area contributed by atoms with Crippen LogP contribution in [0, 0.1) is 0 Å². The molecule has 27 heavy (non-hydrogen) atoms. The van der Waals surface area contributed by atoms with E-state index in [4.69, 9.17) is 4.74 Å². The molecular formula is C18H30F3IN4O. The summed E-state index contributed by atoms with van der Waals surface area (Å²) in [5.41, 5.74) is 1.18. The average molecular weight is 502 g/mol. The van der Waals surface area contributed by atoms with Crippen molar-refractivity contribution in [2.24, 2.45) is 4.99 Å². The summed E-state index contributed by atoms with van der Waals surface area (Å²) in [6.07, 6.45) is -2.75. The fourth-order valence-electron chi connectivity index (χ4n) is 2.38. The summed E-state index contributed by atoms with van der Waals surface area (Å²) in [6, 6.07) is 7.88. The maximum atomic E-state index is 12.3. The fraction of sp³-hybridized carbons (Fsp3) is 0.611. The third-order valence-corrected chi connectivity index (χ3v) is 3.63. The van der Waals surface area contributed by atoms with E-state index in [1.54, 1.807) is 7.11 Å². The zero-order valence-electron chi connectivity index (χ0n) is 16.1. The Bertz CT molecular complexity index is 538. The number of hydrogen-bond donors (Lipinski definition) is 2. The second-order valence-electron chi connectivity index (χ2n) is 5.99. The van der Waals surface area contributed by atoms with Crippen LogP contribution in [0.1, 0.15) is 18.9 Å². The van der Waals surface area contributed by atoms with Gasteiger partial charge in [0.15, 0.2) is 5.96 Å². The zero-order valence-corrected chi connectivity index (χ0v) is 18.4. The van der Waals surface area contributed by atoms with Crippen LogP contribution in [0.4, 0.5) is 13.2 Å². The van der Waals surface area contributed by atoms with E-state index >= 15 is 0 Å². The van der Waals surface area contributed by atoms with Crippen LogP contribution < -0.4 is 15.4 Å². The molecule has 9 heteroatoms. The van der Waals surface area contributed by atoms with Gasteiger partial charge in [-0.25, -0.2) is 0 Å². The Morgan fingerprint density at radius 2 is 1.85 bits per heavy atom. The molecule has 0 amide bonds. The van der Waals surface area contributed by atoms with Crippen molar-refractivity contribution < 1.29 is 17.9 Å². The molecule has 0 aliphatic heterocycles. The van der Waals surface area contributed by atoms with Gasteiger partial charge in [0.1, 0.15) is 5.75 Å². The molecule has 0 radical (unpaired) electrons. The molecule has 0 aliphatic rings. The molecule has 0 saturated carbocycles. The lowest BCUT2D eigenvalue weighted by Gasteiger charge is -2.18. The van der Waals surface area contributed by atoms with Crippen LogP contribution in [-0.4, -0.2) is 63.9 Å². The van der Waals surface area contributed by atoms with Gasteiger partial charge in [-0.1, -0.05) is 12.1 Å². The summed E-state index contributed by atoms with van der Waals surface area (Å²) in [5.74, 6) is 1.51. The topological polar surface area (TPSA) is 48.9 Å². The number of halogens is 4. The van der Waals surface area contributed by atoms with E-state index < -0.39 is 12.7 Å². The summed E-state index contributed by atoms with van der Waals surface area (Å²) < 4.78 is 41.9. The Morgan fingerprint density at radius 3 is 2.41 bits per heavy atom.